The van der Waals surface area contributed by atoms with Gasteiger partial charge in [0.15, 0.2) is 0 Å². The van der Waals surface area contributed by atoms with Crippen LogP contribution in [0.25, 0.3) is 0 Å². The maximum absolute atomic E-state index is 5.70. The number of morpholine rings is 1. The van der Waals surface area contributed by atoms with Crippen LogP contribution in [0.15, 0.2) is 24.3 Å². The van der Waals surface area contributed by atoms with E-state index >= 15 is 0 Å². The number of hydrogen-bond acceptors (Lipinski definition) is 4. The Hall–Kier alpha value is -1.10. The highest BCUT2D eigenvalue weighted by Gasteiger charge is 2.12. The normalized spacial score (nSPS) is 17.6. The van der Waals surface area contributed by atoms with Crippen LogP contribution < -0.4 is 10.1 Å². The van der Waals surface area contributed by atoms with E-state index in [9.17, 15) is 0 Å². The third kappa shape index (κ3) is 5.30. The number of hydrogen-bond donors (Lipinski definition) is 1. The fraction of sp³-hybridized carbons (Fsp3) is 0.647. The second-order valence-electron chi connectivity index (χ2n) is 5.45. The van der Waals surface area contributed by atoms with E-state index < -0.39 is 0 Å². The summed E-state index contributed by atoms with van der Waals surface area (Å²) in [7, 11) is 0. The van der Waals surface area contributed by atoms with Crippen molar-refractivity contribution >= 4 is 0 Å². The third-order valence-corrected chi connectivity index (χ3v) is 3.89. The fourth-order valence-electron chi connectivity index (χ4n) is 2.68. The van der Waals surface area contributed by atoms with Gasteiger partial charge in [-0.05, 0) is 39.4 Å². The molecule has 0 aromatic heterocycles. The van der Waals surface area contributed by atoms with Crippen LogP contribution in [0.5, 0.6) is 5.75 Å². The van der Waals surface area contributed by atoms with E-state index in [2.05, 4.69) is 29.3 Å². The third-order valence-electron chi connectivity index (χ3n) is 3.89. The minimum atomic E-state index is 0.317. The van der Waals surface area contributed by atoms with Crippen molar-refractivity contribution in [2.24, 2.45) is 0 Å². The summed E-state index contributed by atoms with van der Waals surface area (Å²) in [5.41, 5.74) is 1.24. The topological polar surface area (TPSA) is 33.7 Å². The van der Waals surface area contributed by atoms with Gasteiger partial charge < -0.3 is 14.8 Å². The lowest BCUT2D eigenvalue weighted by atomic mass is 10.1. The summed E-state index contributed by atoms with van der Waals surface area (Å²) in [4.78, 5) is 2.48. The van der Waals surface area contributed by atoms with Crippen molar-refractivity contribution in [3.8, 4) is 5.75 Å². The highest BCUT2D eigenvalue weighted by molar-refractivity contribution is 5.35. The summed E-state index contributed by atoms with van der Waals surface area (Å²) in [5.74, 6) is 0.994. The summed E-state index contributed by atoms with van der Waals surface area (Å²) in [6.07, 6.45) is 1.17. The Morgan fingerprint density at radius 3 is 2.81 bits per heavy atom. The minimum absolute atomic E-state index is 0.317. The first-order valence-electron chi connectivity index (χ1n) is 8.06. The molecular weight excluding hydrogens is 264 g/mol. The monoisotopic (exact) mass is 292 g/mol. The molecule has 1 aromatic carbocycles. The van der Waals surface area contributed by atoms with E-state index in [1.54, 1.807) is 0 Å². The molecule has 1 N–H and O–H groups in total. The van der Waals surface area contributed by atoms with Crippen molar-refractivity contribution in [1.82, 2.24) is 10.2 Å². The first-order valence-corrected chi connectivity index (χ1v) is 8.06. The molecule has 1 fully saturated rings. The average Bonchev–Trinajstić information content (AvgIpc) is 2.53. The van der Waals surface area contributed by atoms with Crippen molar-refractivity contribution in [3.63, 3.8) is 0 Å². The van der Waals surface area contributed by atoms with Crippen LogP contribution in [0.2, 0.25) is 0 Å². The Morgan fingerprint density at radius 1 is 1.29 bits per heavy atom. The van der Waals surface area contributed by atoms with Gasteiger partial charge in [0, 0.05) is 24.7 Å². The zero-order valence-electron chi connectivity index (χ0n) is 13.3. The molecule has 0 aliphatic carbocycles. The van der Waals surface area contributed by atoms with Crippen molar-refractivity contribution < 1.29 is 9.47 Å². The SMILES string of the molecule is CCOc1ccccc1C(C)NCCCN1CCOCC1. The molecule has 1 unspecified atom stereocenters. The van der Waals surface area contributed by atoms with Gasteiger partial charge in [-0.1, -0.05) is 18.2 Å². The molecule has 0 saturated carbocycles. The zero-order chi connectivity index (χ0) is 14.9. The summed E-state index contributed by atoms with van der Waals surface area (Å²) in [5, 5.41) is 3.60. The number of para-hydroxylation sites is 1. The molecule has 21 heavy (non-hydrogen) atoms. The van der Waals surface area contributed by atoms with Gasteiger partial charge in [-0.15, -0.1) is 0 Å². The molecule has 1 aliphatic heterocycles. The number of nitrogens with one attached hydrogen (secondary N) is 1. The quantitative estimate of drug-likeness (QED) is 0.746. The zero-order valence-corrected chi connectivity index (χ0v) is 13.3. The van der Waals surface area contributed by atoms with E-state index in [0.717, 1.165) is 45.1 Å². The highest BCUT2D eigenvalue weighted by Crippen LogP contribution is 2.24. The highest BCUT2D eigenvalue weighted by atomic mass is 16.5. The number of nitrogens with zero attached hydrogens (tertiary/aromatic N) is 1. The van der Waals surface area contributed by atoms with Gasteiger partial charge in [0.25, 0.3) is 0 Å². The molecule has 1 aliphatic rings. The lowest BCUT2D eigenvalue weighted by Crippen LogP contribution is -2.37. The molecule has 1 atom stereocenters. The summed E-state index contributed by atoms with van der Waals surface area (Å²) < 4.78 is 11.1. The van der Waals surface area contributed by atoms with Crippen LogP contribution in [0, 0.1) is 0 Å². The molecule has 1 aromatic rings. The molecule has 1 heterocycles. The average molecular weight is 292 g/mol. The minimum Gasteiger partial charge on any atom is -0.494 e. The van der Waals surface area contributed by atoms with Gasteiger partial charge in [0.05, 0.1) is 19.8 Å². The second kappa shape index (κ2) is 9.03. The predicted molar refractivity (Wildman–Crippen MR) is 85.9 cm³/mol. The molecule has 0 spiro atoms. The molecule has 118 valence electrons. The van der Waals surface area contributed by atoms with Gasteiger partial charge in [-0.2, -0.15) is 0 Å². The summed E-state index contributed by atoms with van der Waals surface area (Å²) in [6, 6.07) is 8.61. The lowest BCUT2D eigenvalue weighted by Gasteiger charge is -2.26. The maximum atomic E-state index is 5.70. The Labute approximate surface area is 128 Å². The molecule has 0 radical (unpaired) electrons. The summed E-state index contributed by atoms with van der Waals surface area (Å²) in [6.45, 7) is 11.0. The molecule has 0 amide bonds. The molecule has 1 saturated heterocycles. The smallest absolute Gasteiger partial charge is 0.124 e. The molecule has 4 heteroatoms. The second-order valence-corrected chi connectivity index (χ2v) is 5.45. The van der Waals surface area contributed by atoms with E-state index in [1.807, 2.05) is 19.1 Å². The molecule has 2 rings (SSSR count). The molecule has 0 bridgehead atoms. The standard InChI is InChI=1S/C17H28N2O2/c1-3-21-17-8-5-4-7-16(17)15(2)18-9-6-10-19-11-13-20-14-12-19/h4-5,7-8,15,18H,3,6,9-14H2,1-2H3. The Bertz CT molecular complexity index is 406. The van der Waals surface area contributed by atoms with Crippen LogP contribution in [-0.2, 0) is 4.74 Å². The maximum Gasteiger partial charge on any atom is 0.124 e. The Morgan fingerprint density at radius 2 is 2.05 bits per heavy atom. The number of rotatable bonds is 8. The first-order chi connectivity index (χ1) is 10.3. The first kappa shape index (κ1) is 16.3. The van der Waals surface area contributed by atoms with Gasteiger partial charge >= 0.3 is 0 Å². The van der Waals surface area contributed by atoms with E-state index in [0.29, 0.717) is 12.6 Å². The molecular formula is C17H28N2O2. The fourth-order valence-corrected chi connectivity index (χ4v) is 2.68. The Kier molecular flexibility index (Phi) is 7.00. The van der Waals surface area contributed by atoms with E-state index in [1.165, 1.54) is 12.0 Å². The number of ether oxygens (including phenoxy) is 2. The molecule has 4 nitrogen and oxygen atoms in total. The number of benzene rings is 1. The van der Waals surface area contributed by atoms with Gasteiger partial charge in [-0.3, -0.25) is 4.90 Å². The lowest BCUT2D eigenvalue weighted by molar-refractivity contribution is 0.0374. The van der Waals surface area contributed by atoms with Crippen LogP contribution in [-0.4, -0.2) is 50.9 Å². The van der Waals surface area contributed by atoms with Gasteiger partial charge in [-0.25, -0.2) is 0 Å². The van der Waals surface area contributed by atoms with Crippen molar-refractivity contribution in [2.45, 2.75) is 26.3 Å². The van der Waals surface area contributed by atoms with E-state index in [4.69, 9.17) is 9.47 Å². The van der Waals surface area contributed by atoms with Crippen LogP contribution in [0.1, 0.15) is 31.9 Å². The van der Waals surface area contributed by atoms with Crippen LogP contribution in [0.4, 0.5) is 0 Å². The Balaban J connectivity index is 1.72. The predicted octanol–water partition coefficient (Wildman–Crippen LogP) is 2.46. The van der Waals surface area contributed by atoms with E-state index in [-0.39, 0.29) is 0 Å². The van der Waals surface area contributed by atoms with Gasteiger partial charge in [0.2, 0.25) is 0 Å². The van der Waals surface area contributed by atoms with Crippen molar-refractivity contribution in [2.75, 3.05) is 46.0 Å². The van der Waals surface area contributed by atoms with Crippen LogP contribution in [0.3, 0.4) is 0 Å². The van der Waals surface area contributed by atoms with Crippen molar-refractivity contribution in [3.05, 3.63) is 29.8 Å². The summed E-state index contributed by atoms with van der Waals surface area (Å²) >= 11 is 0. The van der Waals surface area contributed by atoms with Crippen LogP contribution >= 0.6 is 0 Å². The largest absolute Gasteiger partial charge is 0.494 e. The van der Waals surface area contributed by atoms with Crippen molar-refractivity contribution in [1.29, 1.82) is 0 Å². The van der Waals surface area contributed by atoms with Gasteiger partial charge in [0.1, 0.15) is 5.75 Å².